The van der Waals surface area contributed by atoms with Crippen molar-refractivity contribution in [1.82, 2.24) is 4.57 Å². The number of aromatic nitrogens is 1. The highest BCUT2D eigenvalue weighted by Gasteiger charge is 2.11. The molecule has 1 aromatic heterocycles. The fraction of sp³-hybridized carbons (Fsp3) is 0. The van der Waals surface area contributed by atoms with E-state index in [0.717, 1.165) is 16.7 Å². The summed E-state index contributed by atoms with van der Waals surface area (Å²) in [7, 11) is 0. The van der Waals surface area contributed by atoms with Gasteiger partial charge in [0.25, 0.3) is 0 Å². The van der Waals surface area contributed by atoms with Crippen molar-refractivity contribution in [2.45, 2.75) is 0 Å². The van der Waals surface area contributed by atoms with Crippen LogP contribution in [0, 0.1) is 0 Å². The topological polar surface area (TPSA) is 4.93 Å². The van der Waals surface area contributed by atoms with Gasteiger partial charge < -0.3 is 4.57 Å². The summed E-state index contributed by atoms with van der Waals surface area (Å²) in [5.41, 5.74) is 3.28. The summed E-state index contributed by atoms with van der Waals surface area (Å²) in [5, 5.41) is 3.73. The van der Waals surface area contributed by atoms with Gasteiger partial charge in [-0.15, -0.1) is 0 Å². The van der Waals surface area contributed by atoms with E-state index in [0.29, 0.717) is 10.0 Å². The Labute approximate surface area is 132 Å². The number of halogens is 2. The van der Waals surface area contributed by atoms with E-state index in [2.05, 4.69) is 41.0 Å². The molecule has 21 heavy (non-hydrogen) atoms. The smallest absolute Gasteiger partial charge is 0.0541 e. The Balaban J connectivity index is 2.20. The van der Waals surface area contributed by atoms with Gasteiger partial charge in [0.05, 0.1) is 11.0 Å². The van der Waals surface area contributed by atoms with Gasteiger partial charge >= 0.3 is 0 Å². The highest BCUT2D eigenvalue weighted by atomic mass is 35.5. The fourth-order valence-corrected chi connectivity index (χ4v) is 3.38. The summed E-state index contributed by atoms with van der Waals surface area (Å²) >= 11 is 12.3. The molecule has 0 fully saturated rings. The van der Waals surface area contributed by atoms with Crippen LogP contribution in [0.4, 0.5) is 0 Å². The molecule has 0 saturated heterocycles. The molecule has 0 radical (unpaired) electrons. The standard InChI is InChI=1S/C18H11Cl2N/c19-12-9-13(20)11-14(10-12)21-17-7-3-1-5-15(17)16-6-2-4-8-18(16)21/h1-11H. The van der Waals surface area contributed by atoms with E-state index >= 15 is 0 Å². The molecule has 0 aliphatic carbocycles. The van der Waals surface area contributed by atoms with Gasteiger partial charge in [-0.25, -0.2) is 0 Å². The Morgan fingerprint density at radius 2 is 1.10 bits per heavy atom. The van der Waals surface area contributed by atoms with Crippen LogP contribution in [-0.2, 0) is 0 Å². The first-order valence-electron chi connectivity index (χ1n) is 6.69. The van der Waals surface area contributed by atoms with Crippen LogP contribution < -0.4 is 0 Å². The molecule has 4 rings (SSSR count). The van der Waals surface area contributed by atoms with Crippen molar-refractivity contribution < 1.29 is 0 Å². The van der Waals surface area contributed by atoms with Crippen LogP contribution in [0.1, 0.15) is 0 Å². The summed E-state index contributed by atoms with van der Waals surface area (Å²) in [5.74, 6) is 0. The predicted octanol–water partition coefficient (Wildman–Crippen LogP) is 6.09. The van der Waals surface area contributed by atoms with Gasteiger partial charge in [-0.1, -0.05) is 59.6 Å². The van der Waals surface area contributed by atoms with Crippen LogP contribution in [-0.4, -0.2) is 4.57 Å². The molecule has 0 spiro atoms. The molecule has 0 atom stereocenters. The lowest BCUT2D eigenvalue weighted by Gasteiger charge is -2.08. The summed E-state index contributed by atoms with van der Waals surface area (Å²) in [6.07, 6.45) is 0. The zero-order chi connectivity index (χ0) is 14.4. The van der Waals surface area contributed by atoms with E-state index in [-0.39, 0.29) is 0 Å². The quantitative estimate of drug-likeness (QED) is 0.401. The first-order valence-corrected chi connectivity index (χ1v) is 7.44. The van der Waals surface area contributed by atoms with Crippen LogP contribution in [0.2, 0.25) is 10.0 Å². The molecule has 0 aliphatic rings. The second-order valence-electron chi connectivity index (χ2n) is 5.00. The Kier molecular flexibility index (Phi) is 2.91. The van der Waals surface area contributed by atoms with Crippen LogP contribution in [0.5, 0.6) is 0 Å². The van der Waals surface area contributed by atoms with Crippen LogP contribution >= 0.6 is 23.2 Å². The molecule has 0 unspecified atom stereocenters. The summed E-state index contributed by atoms with van der Waals surface area (Å²) in [4.78, 5) is 0. The Hall–Kier alpha value is -1.96. The summed E-state index contributed by atoms with van der Waals surface area (Å²) in [6.45, 7) is 0. The van der Waals surface area contributed by atoms with Crippen LogP contribution in [0.15, 0.2) is 66.7 Å². The SMILES string of the molecule is Clc1cc(Cl)cc(-n2c3ccccc3c3ccccc32)c1. The van der Waals surface area contributed by atoms with Gasteiger partial charge in [0.15, 0.2) is 0 Å². The zero-order valence-electron chi connectivity index (χ0n) is 11.1. The largest absolute Gasteiger partial charge is 0.309 e. The highest BCUT2D eigenvalue weighted by Crippen LogP contribution is 2.33. The van der Waals surface area contributed by atoms with E-state index in [1.54, 1.807) is 6.07 Å². The highest BCUT2D eigenvalue weighted by molar-refractivity contribution is 6.35. The predicted molar refractivity (Wildman–Crippen MR) is 90.8 cm³/mol. The van der Waals surface area contributed by atoms with E-state index in [1.165, 1.54) is 10.8 Å². The average molecular weight is 312 g/mol. The number of nitrogens with zero attached hydrogens (tertiary/aromatic N) is 1. The number of hydrogen-bond acceptors (Lipinski definition) is 0. The number of para-hydroxylation sites is 2. The lowest BCUT2D eigenvalue weighted by Crippen LogP contribution is -1.93. The third kappa shape index (κ3) is 2.01. The molecule has 0 aliphatic heterocycles. The van der Waals surface area contributed by atoms with Crippen molar-refractivity contribution in [2.24, 2.45) is 0 Å². The van der Waals surface area contributed by atoms with Crippen molar-refractivity contribution >= 4 is 45.0 Å². The maximum Gasteiger partial charge on any atom is 0.0541 e. The molecular formula is C18H11Cl2N. The third-order valence-electron chi connectivity index (χ3n) is 3.69. The molecule has 0 bridgehead atoms. The normalized spacial score (nSPS) is 11.3. The van der Waals surface area contributed by atoms with Gasteiger partial charge in [-0.05, 0) is 30.3 Å². The third-order valence-corrected chi connectivity index (χ3v) is 4.12. The minimum Gasteiger partial charge on any atom is -0.309 e. The first-order chi connectivity index (χ1) is 10.2. The van der Waals surface area contributed by atoms with E-state index in [1.807, 2.05) is 24.3 Å². The maximum absolute atomic E-state index is 6.17. The second kappa shape index (κ2) is 4.80. The number of benzene rings is 3. The van der Waals surface area contributed by atoms with Gasteiger partial charge in [-0.3, -0.25) is 0 Å². The minimum atomic E-state index is 0.638. The maximum atomic E-state index is 6.17. The van der Waals surface area contributed by atoms with Gasteiger partial charge in [-0.2, -0.15) is 0 Å². The fourth-order valence-electron chi connectivity index (χ4n) is 2.87. The minimum absolute atomic E-state index is 0.638. The monoisotopic (exact) mass is 311 g/mol. The van der Waals surface area contributed by atoms with Crippen molar-refractivity contribution in [2.75, 3.05) is 0 Å². The molecule has 1 nitrogen and oxygen atoms in total. The first kappa shape index (κ1) is 12.8. The van der Waals surface area contributed by atoms with E-state index in [9.17, 15) is 0 Å². The second-order valence-corrected chi connectivity index (χ2v) is 5.87. The molecule has 0 N–H and O–H groups in total. The molecule has 1 heterocycles. The number of rotatable bonds is 1. The van der Waals surface area contributed by atoms with Crippen molar-refractivity contribution in [3.63, 3.8) is 0 Å². The summed E-state index contributed by atoms with van der Waals surface area (Å²) < 4.78 is 2.20. The molecule has 3 aromatic carbocycles. The summed E-state index contributed by atoms with van der Waals surface area (Å²) in [6, 6.07) is 22.3. The molecule has 4 aromatic rings. The Morgan fingerprint density at radius 3 is 1.62 bits per heavy atom. The average Bonchev–Trinajstić information content (AvgIpc) is 2.81. The molecule has 0 saturated carbocycles. The molecule has 0 amide bonds. The Bertz CT molecular complexity index is 896. The van der Waals surface area contributed by atoms with Crippen LogP contribution in [0.3, 0.4) is 0 Å². The van der Waals surface area contributed by atoms with Crippen LogP contribution in [0.25, 0.3) is 27.5 Å². The van der Waals surface area contributed by atoms with Crippen molar-refractivity contribution in [3.8, 4) is 5.69 Å². The van der Waals surface area contributed by atoms with Gasteiger partial charge in [0.1, 0.15) is 0 Å². The molecule has 3 heteroatoms. The number of fused-ring (bicyclic) bond motifs is 3. The van der Waals surface area contributed by atoms with E-state index in [4.69, 9.17) is 23.2 Å². The number of hydrogen-bond donors (Lipinski definition) is 0. The molecule has 102 valence electrons. The lowest BCUT2D eigenvalue weighted by atomic mass is 10.2. The molecular weight excluding hydrogens is 301 g/mol. The Morgan fingerprint density at radius 1 is 0.619 bits per heavy atom. The van der Waals surface area contributed by atoms with Crippen molar-refractivity contribution in [3.05, 3.63) is 76.8 Å². The zero-order valence-corrected chi connectivity index (χ0v) is 12.6. The van der Waals surface area contributed by atoms with Gasteiger partial charge in [0, 0.05) is 26.5 Å². The lowest BCUT2D eigenvalue weighted by molar-refractivity contribution is 1.18. The van der Waals surface area contributed by atoms with Crippen molar-refractivity contribution in [1.29, 1.82) is 0 Å². The van der Waals surface area contributed by atoms with E-state index < -0.39 is 0 Å². The van der Waals surface area contributed by atoms with Gasteiger partial charge in [0.2, 0.25) is 0 Å².